The lowest BCUT2D eigenvalue weighted by Crippen LogP contribution is -2.38. The fraction of sp³-hybridized carbons (Fsp3) is 0.435. The number of piperidine rings is 1. The molecule has 2 aromatic rings. The van der Waals surface area contributed by atoms with Crippen LogP contribution >= 0.6 is 0 Å². The Balaban J connectivity index is 1.43. The number of carbonyl (C=O) groups is 1. The minimum atomic E-state index is 0.179. The number of amides is 1. The van der Waals surface area contributed by atoms with Crippen LogP contribution in [0, 0.1) is 0 Å². The van der Waals surface area contributed by atoms with E-state index in [4.69, 9.17) is 5.73 Å². The van der Waals surface area contributed by atoms with Gasteiger partial charge in [0.25, 0.3) is 5.91 Å². The predicted octanol–water partition coefficient (Wildman–Crippen LogP) is 3.37. The van der Waals surface area contributed by atoms with E-state index in [-0.39, 0.29) is 5.91 Å². The third kappa shape index (κ3) is 3.78. The standard InChI is InChI=1S/C23H29N3O/c1-16-22-6-5-21(14-20(22)7-10-25-16)23(27)26-11-8-18(9-12-26)19-4-2-3-17(13-19)15-24/h2-6,13-14,16,18,25H,7-12,15,24H2,1H3. The average Bonchev–Trinajstić information content (AvgIpc) is 2.73. The van der Waals surface area contributed by atoms with Crippen molar-refractivity contribution in [1.29, 1.82) is 0 Å². The summed E-state index contributed by atoms with van der Waals surface area (Å²) in [6.07, 6.45) is 3.04. The van der Waals surface area contributed by atoms with Gasteiger partial charge in [-0.3, -0.25) is 4.79 Å². The average molecular weight is 364 g/mol. The van der Waals surface area contributed by atoms with Gasteiger partial charge in [0.05, 0.1) is 0 Å². The smallest absolute Gasteiger partial charge is 0.253 e. The van der Waals surface area contributed by atoms with Crippen LogP contribution in [0.1, 0.15) is 64.3 Å². The zero-order valence-corrected chi connectivity index (χ0v) is 16.1. The molecule has 142 valence electrons. The van der Waals surface area contributed by atoms with Gasteiger partial charge in [0.2, 0.25) is 0 Å². The van der Waals surface area contributed by atoms with Crippen molar-refractivity contribution in [1.82, 2.24) is 10.2 Å². The van der Waals surface area contributed by atoms with Crippen molar-refractivity contribution in [2.45, 2.75) is 44.7 Å². The Kier molecular flexibility index (Phi) is 5.28. The number of fused-ring (bicyclic) bond motifs is 1. The van der Waals surface area contributed by atoms with Crippen molar-refractivity contribution < 1.29 is 4.79 Å². The number of carbonyl (C=O) groups excluding carboxylic acids is 1. The Hall–Kier alpha value is -2.17. The molecule has 1 fully saturated rings. The van der Waals surface area contributed by atoms with Gasteiger partial charge in [-0.1, -0.05) is 30.3 Å². The van der Waals surface area contributed by atoms with Gasteiger partial charge in [-0.25, -0.2) is 0 Å². The van der Waals surface area contributed by atoms with Gasteiger partial charge in [0, 0.05) is 31.2 Å². The highest BCUT2D eigenvalue weighted by Gasteiger charge is 2.25. The topological polar surface area (TPSA) is 58.4 Å². The first-order chi connectivity index (χ1) is 13.2. The summed E-state index contributed by atoms with van der Waals surface area (Å²) in [7, 11) is 0. The lowest BCUT2D eigenvalue weighted by atomic mass is 9.88. The number of benzene rings is 2. The first kappa shape index (κ1) is 18.2. The van der Waals surface area contributed by atoms with Gasteiger partial charge in [-0.2, -0.15) is 0 Å². The summed E-state index contributed by atoms with van der Waals surface area (Å²) in [6, 6.07) is 15.2. The van der Waals surface area contributed by atoms with Gasteiger partial charge in [-0.15, -0.1) is 0 Å². The van der Waals surface area contributed by atoms with Crippen LogP contribution in [0.4, 0.5) is 0 Å². The first-order valence-corrected chi connectivity index (χ1v) is 10.1. The van der Waals surface area contributed by atoms with Crippen molar-refractivity contribution in [2.75, 3.05) is 19.6 Å². The highest BCUT2D eigenvalue weighted by atomic mass is 16.2. The molecule has 0 aliphatic carbocycles. The van der Waals surface area contributed by atoms with Crippen LogP contribution in [0.25, 0.3) is 0 Å². The maximum Gasteiger partial charge on any atom is 0.253 e. The summed E-state index contributed by atoms with van der Waals surface area (Å²) in [6.45, 7) is 5.40. The van der Waals surface area contributed by atoms with Crippen LogP contribution in [-0.2, 0) is 13.0 Å². The Labute approximate surface area is 161 Å². The number of nitrogens with one attached hydrogen (secondary N) is 1. The van der Waals surface area contributed by atoms with E-state index >= 15 is 0 Å². The lowest BCUT2D eigenvalue weighted by molar-refractivity contribution is 0.0713. The zero-order valence-electron chi connectivity index (χ0n) is 16.1. The fourth-order valence-corrected chi connectivity index (χ4v) is 4.48. The number of rotatable bonds is 3. The molecule has 2 aromatic carbocycles. The van der Waals surface area contributed by atoms with Crippen molar-refractivity contribution in [3.63, 3.8) is 0 Å². The van der Waals surface area contributed by atoms with Crippen molar-refractivity contribution in [2.24, 2.45) is 5.73 Å². The van der Waals surface area contributed by atoms with E-state index in [9.17, 15) is 4.79 Å². The third-order valence-corrected chi connectivity index (χ3v) is 6.14. The summed E-state index contributed by atoms with van der Waals surface area (Å²) in [5.74, 6) is 0.703. The molecule has 0 spiro atoms. The van der Waals surface area contributed by atoms with E-state index in [1.807, 2.05) is 11.0 Å². The number of hydrogen-bond donors (Lipinski definition) is 2. The van der Waals surface area contributed by atoms with Crippen molar-refractivity contribution in [3.8, 4) is 0 Å². The molecule has 0 aromatic heterocycles. The number of nitrogens with zero attached hydrogens (tertiary/aromatic N) is 1. The molecule has 1 unspecified atom stereocenters. The molecule has 1 amide bonds. The van der Waals surface area contributed by atoms with Gasteiger partial charge < -0.3 is 16.0 Å². The van der Waals surface area contributed by atoms with Crippen LogP contribution in [-0.4, -0.2) is 30.4 Å². The molecule has 0 radical (unpaired) electrons. The van der Waals surface area contributed by atoms with Gasteiger partial charge >= 0.3 is 0 Å². The molecule has 4 nitrogen and oxygen atoms in total. The highest BCUT2D eigenvalue weighted by molar-refractivity contribution is 5.94. The molecule has 0 saturated carbocycles. The normalized spacial score (nSPS) is 20.4. The van der Waals surface area contributed by atoms with Crippen LogP contribution in [0.3, 0.4) is 0 Å². The second-order valence-electron chi connectivity index (χ2n) is 7.86. The molecule has 0 bridgehead atoms. The molecule has 2 aliphatic heterocycles. The quantitative estimate of drug-likeness (QED) is 0.879. The molecule has 2 heterocycles. The minimum Gasteiger partial charge on any atom is -0.339 e. The second-order valence-corrected chi connectivity index (χ2v) is 7.86. The molecule has 27 heavy (non-hydrogen) atoms. The van der Waals surface area contributed by atoms with Gasteiger partial charge in [-0.05, 0) is 73.0 Å². The summed E-state index contributed by atoms with van der Waals surface area (Å²) >= 11 is 0. The zero-order chi connectivity index (χ0) is 18.8. The van der Waals surface area contributed by atoms with E-state index in [2.05, 4.69) is 48.6 Å². The Bertz CT molecular complexity index is 824. The number of likely N-dealkylation sites (tertiary alicyclic amines) is 1. The molecule has 3 N–H and O–H groups in total. The molecule has 4 rings (SSSR count). The molecule has 1 atom stereocenters. The predicted molar refractivity (Wildman–Crippen MR) is 109 cm³/mol. The van der Waals surface area contributed by atoms with Crippen LogP contribution < -0.4 is 11.1 Å². The monoisotopic (exact) mass is 363 g/mol. The molecular formula is C23H29N3O. The molecule has 1 saturated heterocycles. The summed E-state index contributed by atoms with van der Waals surface area (Å²) in [4.78, 5) is 15.0. The minimum absolute atomic E-state index is 0.179. The fourth-order valence-electron chi connectivity index (χ4n) is 4.48. The van der Waals surface area contributed by atoms with Gasteiger partial charge in [0.15, 0.2) is 0 Å². The summed E-state index contributed by atoms with van der Waals surface area (Å²) in [5, 5.41) is 3.48. The number of hydrogen-bond acceptors (Lipinski definition) is 3. The Morgan fingerprint density at radius 3 is 2.78 bits per heavy atom. The van der Waals surface area contributed by atoms with E-state index in [1.165, 1.54) is 22.3 Å². The van der Waals surface area contributed by atoms with E-state index in [1.54, 1.807) is 0 Å². The SMILES string of the molecule is CC1NCCc2cc(C(=O)N3CCC(c4cccc(CN)c4)CC3)ccc21. The largest absolute Gasteiger partial charge is 0.339 e. The molecule has 4 heteroatoms. The van der Waals surface area contributed by atoms with Gasteiger partial charge in [0.1, 0.15) is 0 Å². The van der Waals surface area contributed by atoms with Crippen molar-refractivity contribution in [3.05, 3.63) is 70.3 Å². The highest BCUT2D eigenvalue weighted by Crippen LogP contribution is 2.30. The van der Waals surface area contributed by atoms with Crippen LogP contribution in [0.15, 0.2) is 42.5 Å². The van der Waals surface area contributed by atoms with Crippen LogP contribution in [0.2, 0.25) is 0 Å². The Morgan fingerprint density at radius 1 is 1.19 bits per heavy atom. The van der Waals surface area contributed by atoms with Crippen molar-refractivity contribution >= 4 is 5.91 Å². The first-order valence-electron chi connectivity index (χ1n) is 10.1. The van der Waals surface area contributed by atoms with E-state index in [0.29, 0.717) is 18.5 Å². The maximum atomic E-state index is 13.0. The Morgan fingerprint density at radius 2 is 2.00 bits per heavy atom. The molecule has 2 aliphatic rings. The summed E-state index contributed by atoms with van der Waals surface area (Å²) < 4.78 is 0. The number of nitrogens with two attached hydrogens (primary N) is 1. The molecular weight excluding hydrogens is 334 g/mol. The third-order valence-electron chi connectivity index (χ3n) is 6.14. The van der Waals surface area contributed by atoms with E-state index < -0.39 is 0 Å². The lowest BCUT2D eigenvalue weighted by Gasteiger charge is -2.33. The van der Waals surface area contributed by atoms with Crippen LogP contribution in [0.5, 0.6) is 0 Å². The van der Waals surface area contributed by atoms with E-state index in [0.717, 1.165) is 44.5 Å². The maximum absolute atomic E-state index is 13.0. The second kappa shape index (κ2) is 7.83. The summed E-state index contributed by atoms with van der Waals surface area (Å²) in [5.41, 5.74) is 11.8.